The molecular weight excluding hydrogens is 438 g/mol. The number of hydrogen-bond acceptors (Lipinski definition) is 6. The number of methoxy groups -OCH3 is 1. The first-order valence-corrected chi connectivity index (χ1v) is 11.9. The molecule has 0 atom stereocenters. The Kier molecular flexibility index (Phi) is 5.36. The summed E-state index contributed by atoms with van der Waals surface area (Å²) in [6, 6.07) is 14.1. The van der Waals surface area contributed by atoms with Gasteiger partial charge in [-0.1, -0.05) is 30.3 Å². The number of aromatic nitrogens is 3. The Hall–Kier alpha value is -3.29. The highest BCUT2D eigenvalue weighted by Gasteiger charge is 2.15. The van der Waals surface area contributed by atoms with Crippen molar-refractivity contribution >= 4 is 32.9 Å². The van der Waals surface area contributed by atoms with Crippen molar-refractivity contribution in [3.63, 3.8) is 0 Å². The zero-order valence-corrected chi connectivity index (χ0v) is 19.6. The fraction of sp³-hybridized carbons (Fsp3) is 0.160. The summed E-state index contributed by atoms with van der Waals surface area (Å²) in [4.78, 5) is 23.5. The maximum atomic E-state index is 13.4. The molecule has 160 valence electrons. The van der Waals surface area contributed by atoms with Gasteiger partial charge >= 0.3 is 0 Å². The third-order valence-electron chi connectivity index (χ3n) is 5.60. The summed E-state index contributed by atoms with van der Waals surface area (Å²) in [7, 11) is 1.65. The SMILES string of the molecule is COc1ccccc1-c1nc(Cn2cnc3scc(-c4ccc(C)c(C)c4)c3c2=O)cs1. The number of thiazole rings is 1. The summed E-state index contributed by atoms with van der Waals surface area (Å²) in [5.41, 5.74) is 6.15. The predicted molar refractivity (Wildman–Crippen MR) is 132 cm³/mol. The molecule has 0 saturated carbocycles. The summed E-state index contributed by atoms with van der Waals surface area (Å²) in [5, 5.41) is 5.54. The number of ether oxygens (including phenoxy) is 1. The lowest BCUT2D eigenvalue weighted by Crippen LogP contribution is -2.21. The third-order valence-corrected chi connectivity index (χ3v) is 7.41. The number of nitrogens with zero attached hydrogens (tertiary/aromatic N) is 3. The summed E-state index contributed by atoms with van der Waals surface area (Å²) in [5.74, 6) is 0.782. The minimum atomic E-state index is -0.0451. The topological polar surface area (TPSA) is 57.0 Å². The lowest BCUT2D eigenvalue weighted by Gasteiger charge is -2.07. The van der Waals surface area contributed by atoms with Crippen LogP contribution in [0.5, 0.6) is 5.75 Å². The van der Waals surface area contributed by atoms with E-state index in [-0.39, 0.29) is 5.56 Å². The Morgan fingerprint density at radius 2 is 1.84 bits per heavy atom. The molecular formula is C25H21N3O2S2. The number of para-hydroxylation sites is 1. The Morgan fingerprint density at radius 1 is 1.00 bits per heavy atom. The van der Waals surface area contributed by atoms with Gasteiger partial charge in [-0.25, -0.2) is 9.97 Å². The molecule has 0 fully saturated rings. The largest absolute Gasteiger partial charge is 0.496 e. The zero-order chi connectivity index (χ0) is 22.2. The maximum absolute atomic E-state index is 13.4. The van der Waals surface area contributed by atoms with Gasteiger partial charge < -0.3 is 4.74 Å². The van der Waals surface area contributed by atoms with Gasteiger partial charge in [-0.05, 0) is 42.7 Å². The molecule has 0 aliphatic rings. The van der Waals surface area contributed by atoms with E-state index < -0.39 is 0 Å². The number of rotatable bonds is 5. The van der Waals surface area contributed by atoms with Crippen LogP contribution in [-0.2, 0) is 6.54 Å². The van der Waals surface area contributed by atoms with Crippen molar-refractivity contribution < 1.29 is 4.74 Å². The van der Waals surface area contributed by atoms with Gasteiger partial charge in [0.05, 0.1) is 36.6 Å². The minimum absolute atomic E-state index is 0.0451. The first-order valence-electron chi connectivity index (χ1n) is 10.2. The molecule has 2 aromatic carbocycles. The van der Waals surface area contributed by atoms with Crippen LogP contribution in [0.15, 0.2) is 64.3 Å². The fourth-order valence-electron chi connectivity index (χ4n) is 3.70. The standard InChI is InChI=1S/C25H21N3O2S2/c1-15-8-9-17(10-16(15)2)20-13-32-24-22(20)25(29)28(14-26-24)11-18-12-31-23(27-18)19-6-4-5-7-21(19)30-3/h4-10,12-14H,11H2,1-3H3. The van der Waals surface area contributed by atoms with Crippen LogP contribution in [0.4, 0.5) is 0 Å². The monoisotopic (exact) mass is 459 g/mol. The molecule has 0 unspecified atom stereocenters. The average Bonchev–Trinajstić information content (AvgIpc) is 3.45. The Balaban J connectivity index is 1.52. The average molecular weight is 460 g/mol. The van der Waals surface area contributed by atoms with Gasteiger partial charge in [0.2, 0.25) is 0 Å². The number of aryl methyl sites for hydroxylation is 2. The van der Waals surface area contributed by atoms with Gasteiger partial charge in [0.1, 0.15) is 15.6 Å². The molecule has 0 aliphatic heterocycles. The second-order valence-corrected chi connectivity index (χ2v) is 9.37. The van der Waals surface area contributed by atoms with Crippen LogP contribution in [0.1, 0.15) is 16.8 Å². The van der Waals surface area contributed by atoms with E-state index in [1.807, 2.05) is 35.0 Å². The van der Waals surface area contributed by atoms with Gasteiger partial charge in [0.15, 0.2) is 0 Å². The number of benzene rings is 2. The van der Waals surface area contributed by atoms with Crippen LogP contribution in [0.25, 0.3) is 31.9 Å². The molecule has 0 N–H and O–H groups in total. The van der Waals surface area contributed by atoms with Gasteiger partial charge in [-0.2, -0.15) is 0 Å². The molecule has 5 rings (SSSR count). The van der Waals surface area contributed by atoms with Gasteiger partial charge in [0.25, 0.3) is 5.56 Å². The molecule has 5 aromatic rings. The molecule has 0 radical (unpaired) electrons. The van der Waals surface area contributed by atoms with E-state index >= 15 is 0 Å². The van der Waals surface area contributed by atoms with E-state index in [2.05, 4.69) is 37.0 Å². The highest BCUT2D eigenvalue weighted by molar-refractivity contribution is 7.17. The normalized spacial score (nSPS) is 11.2. The van der Waals surface area contributed by atoms with Crippen molar-refractivity contribution in [1.29, 1.82) is 0 Å². The zero-order valence-electron chi connectivity index (χ0n) is 18.0. The van der Waals surface area contributed by atoms with Gasteiger partial charge in [-0.15, -0.1) is 22.7 Å². The van der Waals surface area contributed by atoms with E-state index in [4.69, 9.17) is 9.72 Å². The van der Waals surface area contributed by atoms with E-state index in [1.165, 1.54) is 22.5 Å². The highest BCUT2D eigenvalue weighted by atomic mass is 32.1. The molecule has 32 heavy (non-hydrogen) atoms. The minimum Gasteiger partial charge on any atom is -0.496 e. The van der Waals surface area contributed by atoms with Gasteiger partial charge in [0, 0.05) is 16.3 Å². The van der Waals surface area contributed by atoms with Crippen molar-refractivity contribution in [3.8, 4) is 27.4 Å². The summed E-state index contributed by atoms with van der Waals surface area (Å²) < 4.78 is 7.10. The van der Waals surface area contributed by atoms with Crippen molar-refractivity contribution in [2.75, 3.05) is 7.11 Å². The van der Waals surface area contributed by atoms with Crippen LogP contribution in [0, 0.1) is 13.8 Å². The van der Waals surface area contributed by atoms with Crippen LogP contribution >= 0.6 is 22.7 Å². The fourth-order valence-corrected chi connectivity index (χ4v) is 5.45. The van der Waals surface area contributed by atoms with Crippen molar-refractivity contribution in [3.05, 3.63) is 86.7 Å². The van der Waals surface area contributed by atoms with Gasteiger partial charge in [-0.3, -0.25) is 9.36 Å². The molecule has 0 aliphatic carbocycles. The summed E-state index contributed by atoms with van der Waals surface area (Å²) >= 11 is 3.04. The molecule has 3 heterocycles. The lowest BCUT2D eigenvalue weighted by atomic mass is 10.0. The van der Waals surface area contributed by atoms with Crippen LogP contribution < -0.4 is 10.3 Å². The first-order chi connectivity index (χ1) is 15.5. The number of fused-ring (bicyclic) bond motifs is 1. The third kappa shape index (κ3) is 3.63. The number of thiophene rings is 1. The van der Waals surface area contributed by atoms with Crippen molar-refractivity contribution in [2.45, 2.75) is 20.4 Å². The predicted octanol–water partition coefficient (Wildman–Crippen LogP) is 5.92. The van der Waals surface area contributed by atoms with E-state index in [0.717, 1.165) is 38.0 Å². The van der Waals surface area contributed by atoms with Crippen LogP contribution in [-0.4, -0.2) is 21.6 Å². The molecule has 5 nitrogen and oxygen atoms in total. The first kappa shape index (κ1) is 20.6. The maximum Gasteiger partial charge on any atom is 0.263 e. The van der Waals surface area contributed by atoms with Crippen molar-refractivity contribution in [1.82, 2.24) is 14.5 Å². The summed E-state index contributed by atoms with van der Waals surface area (Å²) in [6.45, 7) is 4.55. The molecule has 0 saturated heterocycles. The molecule has 7 heteroatoms. The van der Waals surface area contributed by atoms with Crippen LogP contribution in [0.2, 0.25) is 0 Å². The summed E-state index contributed by atoms with van der Waals surface area (Å²) in [6.07, 6.45) is 1.62. The van der Waals surface area contributed by atoms with Crippen molar-refractivity contribution in [2.24, 2.45) is 0 Å². The van der Waals surface area contributed by atoms with E-state index in [1.54, 1.807) is 29.3 Å². The van der Waals surface area contributed by atoms with E-state index in [0.29, 0.717) is 11.9 Å². The Labute approximate surface area is 193 Å². The Morgan fingerprint density at radius 3 is 2.66 bits per heavy atom. The number of hydrogen-bond donors (Lipinski definition) is 0. The molecule has 3 aromatic heterocycles. The Bertz CT molecular complexity index is 1500. The molecule has 0 bridgehead atoms. The molecule has 0 spiro atoms. The second kappa shape index (κ2) is 8.33. The quantitative estimate of drug-likeness (QED) is 0.327. The highest BCUT2D eigenvalue weighted by Crippen LogP contribution is 2.33. The smallest absolute Gasteiger partial charge is 0.263 e. The molecule has 0 amide bonds. The second-order valence-electron chi connectivity index (χ2n) is 7.65. The van der Waals surface area contributed by atoms with E-state index in [9.17, 15) is 4.79 Å². The van der Waals surface area contributed by atoms with Crippen LogP contribution in [0.3, 0.4) is 0 Å². The lowest BCUT2D eigenvalue weighted by molar-refractivity contribution is 0.416.